The minimum atomic E-state index is -0.235. The lowest BCUT2D eigenvalue weighted by Gasteiger charge is -2.34. The van der Waals surface area contributed by atoms with Crippen LogP contribution >= 0.6 is 0 Å². The van der Waals surface area contributed by atoms with Crippen molar-refractivity contribution >= 4 is 5.91 Å². The quantitative estimate of drug-likeness (QED) is 0.809. The lowest BCUT2D eigenvalue weighted by Crippen LogP contribution is -2.42. The summed E-state index contributed by atoms with van der Waals surface area (Å²) in [6.07, 6.45) is 7.87. The fraction of sp³-hybridized carbons (Fsp3) is 0.562. The Balaban J connectivity index is 1.62. The van der Waals surface area contributed by atoms with Gasteiger partial charge in [0.15, 0.2) is 0 Å². The summed E-state index contributed by atoms with van der Waals surface area (Å²) in [6.45, 7) is 1.93. The van der Waals surface area contributed by atoms with Gasteiger partial charge in [-0.2, -0.15) is 0 Å². The zero-order chi connectivity index (χ0) is 16.5. The highest BCUT2D eigenvalue weighted by molar-refractivity contribution is 5.92. The number of aromatic nitrogens is 5. The number of rotatable bonds is 5. The van der Waals surface area contributed by atoms with Crippen LogP contribution in [-0.4, -0.2) is 56.0 Å². The zero-order valence-corrected chi connectivity index (χ0v) is 13.6. The molecule has 24 heavy (non-hydrogen) atoms. The third kappa shape index (κ3) is 2.77. The first-order valence-corrected chi connectivity index (χ1v) is 8.26. The number of carbonyl (C=O) groups excluding carboxylic acids is 1. The molecule has 1 unspecified atom stereocenters. The minimum Gasteiger partial charge on any atom is -0.382 e. The highest BCUT2D eigenvalue weighted by atomic mass is 16.5. The number of amides is 1. The molecule has 0 radical (unpaired) electrons. The molecule has 8 heteroatoms. The van der Waals surface area contributed by atoms with E-state index in [9.17, 15) is 4.79 Å². The molecule has 126 valence electrons. The van der Waals surface area contributed by atoms with E-state index in [0.29, 0.717) is 18.8 Å². The number of hydrogen-bond acceptors (Lipinski definition) is 6. The molecule has 0 bridgehead atoms. The van der Waals surface area contributed by atoms with E-state index in [0.717, 1.165) is 30.3 Å². The first kappa shape index (κ1) is 15.2. The molecule has 1 aliphatic carbocycles. The molecule has 0 aromatic carbocycles. The van der Waals surface area contributed by atoms with Gasteiger partial charge in [0.1, 0.15) is 17.4 Å². The predicted octanol–water partition coefficient (Wildman–Crippen LogP) is 0.864. The van der Waals surface area contributed by atoms with Gasteiger partial charge in [-0.15, -0.1) is 5.10 Å². The summed E-state index contributed by atoms with van der Waals surface area (Å²) in [4.78, 5) is 22.7. The summed E-state index contributed by atoms with van der Waals surface area (Å²) in [5, 5.41) is 8.69. The summed E-state index contributed by atoms with van der Waals surface area (Å²) in [7, 11) is 1.63. The standard InChI is InChI=1S/C16H20N6O2/c1-24-10-14-15-13(22(20-19-15)9-11-2-3-11)4-7-21(14)16(23)12-8-17-5-6-18-12/h5-6,8,11,14H,2-4,7,9-10H2,1H3. The first-order valence-electron chi connectivity index (χ1n) is 8.26. The molecule has 2 aromatic rings. The Hall–Kier alpha value is -2.35. The largest absolute Gasteiger partial charge is 0.382 e. The molecule has 1 atom stereocenters. The van der Waals surface area contributed by atoms with Crippen molar-refractivity contribution in [3.8, 4) is 0 Å². The molecule has 1 fully saturated rings. The highest BCUT2D eigenvalue weighted by Crippen LogP contribution is 2.33. The first-order chi connectivity index (χ1) is 11.8. The van der Waals surface area contributed by atoms with Crippen molar-refractivity contribution in [3.05, 3.63) is 35.7 Å². The number of ether oxygens (including phenoxy) is 1. The number of methoxy groups -OCH3 is 1. The van der Waals surface area contributed by atoms with Gasteiger partial charge in [-0.3, -0.25) is 9.78 Å². The van der Waals surface area contributed by atoms with Gasteiger partial charge in [-0.1, -0.05) is 5.21 Å². The van der Waals surface area contributed by atoms with Gasteiger partial charge in [0.25, 0.3) is 5.91 Å². The van der Waals surface area contributed by atoms with Gasteiger partial charge in [0.2, 0.25) is 0 Å². The van der Waals surface area contributed by atoms with Crippen molar-refractivity contribution in [1.82, 2.24) is 29.9 Å². The fourth-order valence-electron chi connectivity index (χ4n) is 3.21. The topological polar surface area (TPSA) is 86.0 Å². The van der Waals surface area contributed by atoms with Crippen molar-refractivity contribution in [1.29, 1.82) is 0 Å². The number of nitrogens with zero attached hydrogens (tertiary/aromatic N) is 6. The third-order valence-corrected chi connectivity index (χ3v) is 4.64. The van der Waals surface area contributed by atoms with Gasteiger partial charge in [0, 0.05) is 39.0 Å². The Morgan fingerprint density at radius 3 is 2.96 bits per heavy atom. The molecule has 8 nitrogen and oxygen atoms in total. The molecular weight excluding hydrogens is 308 g/mol. The van der Waals surface area contributed by atoms with Crippen molar-refractivity contribution < 1.29 is 9.53 Å². The van der Waals surface area contributed by atoms with Crippen molar-refractivity contribution in [2.45, 2.75) is 31.8 Å². The molecule has 0 N–H and O–H groups in total. The second-order valence-corrected chi connectivity index (χ2v) is 6.36. The van der Waals surface area contributed by atoms with Crippen LogP contribution in [0.3, 0.4) is 0 Å². The summed E-state index contributed by atoms with van der Waals surface area (Å²) in [6, 6.07) is -0.235. The fourth-order valence-corrected chi connectivity index (χ4v) is 3.21. The van der Waals surface area contributed by atoms with Gasteiger partial charge in [-0.25, -0.2) is 9.67 Å². The Morgan fingerprint density at radius 1 is 1.38 bits per heavy atom. The van der Waals surface area contributed by atoms with E-state index in [4.69, 9.17) is 4.74 Å². The summed E-state index contributed by atoms with van der Waals surface area (Å²) in [5.74, 6) is 0.587. The predicted molar refractivity (Wildman–Crippen MR) is 84.1 cm³/mol. The molecule has 1 aliphatic heterocycles. The zero-order valence-electron chi connectivity index (χ0n) is 13.6. The molecular formula is C16H20N6O2. The molecule has 3 heterocycles. The van der Waals surface area contributed by atoms with Crippen LogP contribution in [0.1, 0.15) is 40.8 Å². The number of carbonyl (C=O) groups is 1. The average molecular weight is 328 g/mol. The minimum absolute atomic E-state index is 0.146. The molecule has 0 spiro atoms. The second-order valence-electron chi connectivity index (χ2n) is 6.36. The van der Waals surface area contributed by atoms with Crippen LogP contribution in [0.15, 0.2) is 18.6 Å². The molecule has 0 saturated heterocycles. The van der Waals surface area contributed by atoms with E-state index >= 15 is 0 Å². The van der Waals surface area contributed by atoms with Gasteiger partial charge in [0.05, 0.1) is 18.5 Å². The monoisotopic (exact) mass is 328 g/mol. The van der Waals surface area contributed by atoms with Crippen LogP contribution in [0.4, 0.5) is 0 Å². The molecule has 1 amide bonds. The smallest absolute Gasteiger partial charge is 0.274 e. The lowest BCUT2D eigenvalue weighted by molar-refractivity contribution is 0.0484. The van der Waals surface area contributed by atoms with Gasteiger partial charge < -0.3 is 9.64 Å². The Morgan fingerprint density at radius 2 is 2.25 bits per heavy atom. The lowest BCUT2D eigenvalue weighted by atomic mass is 10.0. The number of hydrogen-bond donors (Lipinski definition) is 0. The summed E-state index contributed by atoms with van der Waals surface area (Å²) in [5.41, 5.74) is 2.32. The van der Waals surface area contributed by atoms with Crippen LogP contribution in [0, 0.1) is 5.92 Å². The molecule has 4 rings (SSSR count). The van der Waals surface area contributed by atoms with Crippen LogP contribution in [0.2, 0.25) is 0 Å². The maximum absolute atomic E-state index is 12.8. The summed E-state index contributed by atoms with van der Waals surface area (Å²) < 4.78 is 7.36. The van der Waals surface area contributed by atoms with Crippen molar-refractivity contribution in [2.24, 2.45) is 5.92 Å². The Bertz CT molecular complexity index is 727. The average Bonchev–Trinajstić information content (AvgIpc) is 3.34. The van der Waals surface area contributed by atoms with E-state index in [1.54, 1.807) is 18.2 Å². The van der Waals surface area contributed by atoms with E-state index in [2.05, 4.69) is 20.3 Å². The van der Waals surface area contributed by atoms with Gasteiger partial charge in [-0.05, 0) is 18.8 Å². The maximum atomic E-state index is 12.8. The van der Waals surface area contributed by atoms with Crippen molar-refractivity contribution in [3.63, 3.8) is 0 Å². The maximum Gasteiger partial charge on any atom is 0.274 e. The highest BCUT2D eigenvalue weighted by Gasteiger charge is 2.36. The van der Waals surface area contributed by atoms with E-state index in [1.807, 2.05) is 4.68 Å². The molecule has 2 aliphatic rings. The Kier molecular flexibility index (Phi) is 3.97. The SMILES string of the molecule is COCC1c2nnn(CC3CC3)c2CCN1C(=O)c1cnccn1. The van der Waals surface area contributed by atoms with E-state index in [-0.39, 0.29) is 11.9 Å². The third-order valence-electron chi connectivity index (χ3n) is 4.64. The van der Waals surface area contributed by atoms with Crippen LogP contribution < -0.4 is 0 Å². The van der Waals surface area contributed by atoms with Gasteiger partial charge >= 0.3 is 0 Å². The normalized spacial score (nSPS) is 20.0. The van der Waals surface area contributed by atoms with Crippen LogP contribution in [0.5, 0.6) is 0 Å². The van der Waals surface area contributed by atoms with Crippen LogP contribution in [-0.2, 0) is 17.7 Å². The summed E-state index contributed by atoms with van der Waals surface area (Å²) >= 11 is 0. The molecule has 1 saturated carbocycles. The van der Waals surface area contributed by atoms with E-state index < -0.39 is 0 Å². The molecule has 2 aromatic heterocycles. The van der Waals surface area contributed by atoms with Crippen molar-refractivity contribution in [2.75, 3.05) is 20.3 Å². The Labute approximate surface area is 139 Å². The number of fused-ring (bicyclic) bond motifs is 1. The second kappa shape index (κ2) is 6.27. The van der Waals surface area contributed by atoms with Crippen LogP contribution in [0.25, 0.3) is 0 Å². The van der Waals surface area contributed by atoms with E-state index in [1.165, 1.54) is 25.2 Å².